The Morgan fingerprint density at radius 1 is 1.56 bits per heavy atom. The second kappa shape index (κ2) is 4.23. The molecule has 1 aromatic rings. The summed E-state index contributed by atoms with van der Waals surface area (Å²) in [6.45, 7) is 1.24. The van der Waals surface area contributed by atoms with Crippen molar-refractivity contribution in [2.75, 3.05) is 0 Å². The third-order valence-electron chi connectivity index (χ3n) is 2.11. The summed E-state index contributed by atoms with van der Waals surface area (Å²) in [5.41, 5.74) is -1.04. The molecule has 1 unspecified atom stereocenters. The van der Waals surface area contributed by atoms with Crippen LogP contribution >= 0.6 is 0 Å². The Morgan fingerprint density at radius 2 is 2.12 bits per heavy atom. The number of aliphatic hydroxyl groups is 1. The number of non-ortho nitro benzene ring substituents is 1. The van der Waals surface area contributed by atoms with Crippen molar-refractivity contribution < 1.29 is 24.3 Å². The number of rotatable bonds is 3. The lowest BCUT2D eigenvalue weighted by Crippen LogP contribution is -2.13. The lowest BCUT2D eigenvalue weighted by atomic mass is 10.0. The quantitative estimate of drug-likeness (QED) is 0.598. The summed E-state index contributed by atoms with van der Waals surface area (Å²) in [4.78, 5) is 20.1. The van der Waals surface area contributed by atoms with Crippen LogP contribution in [0.3, 0.4) is 0 Å². The molecule has 0 saturated heterocycles. The van der Waals surface area contributed by atoms with Crippen LogP contribution < -0.4 is 0 Å². The van der Waals surface area contributed by atoms with Gasteiger partial charge in [-0.15, -0.1) is 0 Å². The van der Waals surface area contributed by atoms with Crippen LogP contribution in [0, 0.1) is 22.9 Å². The van der Waals surface area contributed by atoms with Crippen LogP contribution in [-0.4, -0.2) is 21.1 Å². The van der Waals surface area contributed by atoms with Gasteiger partial charge in [0.25, 0.3) is 5.69 Å². The van der Waals surface area contributed by atoms with Crippen molar-refractivity contribution in [3.8, 4) is 0 Å². The van der Waals surface area contributed by atoms with E-state index in [1.54, 1.807) is 0 Å². The highest BCUT2D eigenvalue weighted by Crippen LogP contribution is 2.26. The van der Waals surface area contributed by atoms with E-state index in [9.17, 15) is 24.4 Å². The molecule has 1 atom stereocenters. The number of aliphatic hydroxyl groups excluding tert-OH is 1. The van der Waals surface area contributed by atoms with Crippen molar-refractivity contribution >= 4 is 11.7 Å². The van der Waals surface area contributed by atoms with Crippen LogP contribution in [-0.2, 0) is 4.79 Å². The maximum Gasteiger partial charge on any atom is 0.337 e. The van der Waals surface area contributed by atoms with Crippen LogP contribution in [0.4, 0.5) is 10.1 Å². The largest absolute Gasteiger partial charge is 0.479 e. The number of nitrogens with zero attached hydrogens (tertiary/aromatic N) is 1. The van der Waals surface area contributed by atoms with Crippen LogP contribution in [0.5, 0.6) is 0 Å². The lowest BCUT2D eigenvalue weighted by Gasteiger charge is -2.09. The van der Waals surface area contributed by atoms with Gasteiger partial charge in [-0.3, -0.25) is 10.1 Å². The summed E-state index contributed by atoms with van der Waals surface area (Å²) >= 11 is 0. The van der Waals surface area contributed by atoms with Gasteiger partial charge in [-0.2, -0.15) is 0 Å². The molecule has 1 aromatic carbocycles. The molecule has 0 amide bonds. The Hall–Kier alpha value is -2.02. The summed E-state index contributed by atoms with van der Waals surface area (Å²) in [7, 11) is 0. The first-order valence-electron chi connectivity index (χ1n) is 4.20. The molecule has 6 nitrogen and oxygen atoms in total. The van der Waals surface area contributed by atoms with E-state index < -0.39 is 28.5 Å². The first-order chi connectivity index (χ1) is 7.34. The molecule has 0 bridgehead atoms. The molecule has 0 spiro atoms. The van der Waals surface area contributed by atoms with E-state index in [1.807, 2.05) is 0 Å². The summed E-state index contributed by atoms with van der Waals surface area (Å²) in [6, 6.07) is 1.52. The molecule has 0 aromatic heterocycles. The molecule has 86 valence electrons. The maximum absolute atomic E-state index is 13.2. The van der Waals surface area contributed by atoms with Gasteiger partial charge in [0.1, 0.15) is 5.82 Å². The van der Waals surface area contributed by atoms with Gasteiger partial charge in [-0.25, -0.2) is 9.18 Å². The normalized spacial score (nSPS) is 12.2. The van der Waals surface area contributed by atoms with Gasteiger partial charge < -0.3 is 10.2 Å². The number of nitro benzene ring substituents is 1. The Kier molecular flexibility index (Phi) is 3.19. The molecule has 0 saturated carbocycles. The predicted octanol–water partition coefficient (Wildman–Crippen LogP) is 1.16. The lowest BCUT2D eigenvalue weighted by molar-refractivity contribution is -0.385. The van der Waals surface area contributed by atoms with E-state index in [2.05, 4.69) is 0 Å². The number of hydrogen-bond acceptors (Lipinski definition) is 4. The molecule has 16 heavy (non-hydrogen) atoms. The number of carboxylic acids is 1. The van der Waals surface area contributed by atoms with Crippen molar-refractivity contribution in [2.24, 2.45) is 0 Å². The molecule has 0 heterocycles. The molecule has 0 aliphatic carbocycles. The molecule has 7 heteroatoms. The molecule has 0 fully saturated rings. The van der Waals surface area contributed by atoms with Crippen molar-refractivity contribution in [3.63, 3.8) is 0 Å². The van der Waals surface area contributed by atoms with E-state index in [-0.39, 0.29) is 11.1 Å². The summed E-state index contributed by atoms with van der Waals surface area (Å²) in [5, 5.41) is 28.2. The third kappa shape index (κ3) is 2.14. The number of nitro groups is 1. The van der Waals surface area contributed by atoms with E-state index in [1.165, 1.54) is 6.92 Å². The highest BCUT2D eigenvalue weighted by Gasteiger charge is 2.23. The van der Waals surface area contributed by atoms with Crippen molar-refractivity contribution in [2.45, 2.75) is 13.0 Å². The minimum atomic E-state index is -1.98. The third-order valence-corrected chi connectivity index (χ3v) is 2.11. The van der Waals surface area contributed by atoms with Gasteiger partial charge in [0.05, 0.1) is 11.0 Å². The fraction of sp³-hybridized carbons (Fsp3) is 0.222. The zero-order chi connectivity index (χ0) is 12.5. The van der Waals surface area contributed by atoms with Crippen LogP contribution in [0.25, 0.3) is 0 Å². The zero-order valence-electron chi connectivity index (χ0n) is 8.18. The molecule has 0 radical (unpaired) electrons. The smallest absolute Gasteiger partial charge is 0.337 e. The molecular weight excluding hydrogens is 221 g/mol. The molecule has 1 rings (SSSR count). The first-order valence-corrected chi connectivity index (χ1v) is 4.20. The van der Waals surface area contributed by atoms with Gasteiger partial charge in [0.15, 0.2) is 6.10 Å². The predicted molar refractivity (Wildman–Crippen MR) is 50.4 cm³/mol. The Labute approximate surface area is 89.1 Å². The highest BCUT2D eigenvalue weighted by molar-refractivity contribution is 5.75. The number of carboxylic acid groups (broad SMARTS) is 1. The average Bonchev–Trinajstić information content (AvgIpc) is 2.20. The number of aliphatic carboxylic acids is 1. The van der Waals surface area contributed by atoms with E-state index >= 15 is 0 Å². The van der Waals surface area contributed by atoms with E-state index in [4.69, 9.17) is 5.11 Å². The van der Waals surface area contributed by atoms with E-state index in [0.717, 1.165) is 6.07 Å². The van der Waals surface area contributed by atoms with Crippen LogP contribution in [0.2, 0.25) is 0 Å². The van der Waals surface area contributed by atoms with Gasteiger partial charge in [-0.05, 0) is 12.5 Å². The SMILES string of the molecule is Cc1c(F)cc([N+](=O)[O-])cc1C(O)C(=O)O. The highest BCUT2D eigenvalue weighted by atomic mass is 19.1. The minimum Gasteiger partial charge on any atom is -0.479 e. The number of hydrogen-bond donors (Lipinski definition) is 2. The molecule has 0 aliphatic heterocycles. The van der Waals surface area contributed by atoms with Gasteiger partial charge in [-0.1, -0.05) is 0 Å². The summed E-state index contributed by atoms with van der Waals surface area (Å²) in [5.74, 6) is -2.52. The fourth-order valence-electron chi connectivity index (χ4n) is 1.21. The standard InChI is InChI=1S/C9H8FNO5/c1-4-6(8(12)9(13)14)2-5(11(15)16)3-7(4)10/h2-3,8,12H,1H3,(H,13,14). The molecular formula is C9H8FNO5. The fourth-order valence-corrected chi connectivity index (χ4v) is 1.21. The topological polar surface area (TPSA) is 101 Å². The number of carbonyl (C=O) groups is 1. The van der Waals surface area contributed by atoms with Crippen molar-refractivity contribution in [1.29, 1.82) is 0 Å². The zero-order valence-corrected chi connectivity index (χ0v) is 8.18. The van der Waals surface area contributed by atoms with Crippen LogP contribution in [0.1, 0.15) is 17.2 Å². The Morgan fingerprint density at radius 3 is 2.56 bits per heavy atom. The van der Waals surface area contributed by atoms with Crippen LogP contribution in [0.15, 0.2) is 12.1 Å². The van der Waals surface area contributed by atoms with Gasteiger partial charge in [0, 0.05) is 11.6 Å². The monoisotopic (exact) mass is 229 g/mol. The number of benzene rings is 1. The maximum atomic E-state index is 13.2. The van der Waals surface area contributed by atoms with Crippen molar-refractivity contribution in [3.05, 3.63) is 39.2 Å². The summed E-state index contributed by atoms with van der Waals surface area (Å²) in [6.07, 6.45) is -1.98. The first kappa shape index (κ1) is 12.1. The minimum absolute atomic E-state index is 0.125. The second-order valence-electron chi connectivity index (χ2n) is 3.14. The van der Waals surface area contributed by atoms with Gasteiger partial charge in [0.2, 0.25) is 0 Å². The second-order valence-corrected chi connectivity index (χ2v) is 3.14. The summed E-state index contributed by atoms with van der Waals surface area (Å²) < 4.78 is 13.2. The molecule has 0 aliphatic rings. The van der Waals surface area contributed by atoms with Crippen molar-refractivity contribution in [1.82, 2.24) is 0 Å². The number of halogens is 1. The average molecular weight is 229 g/mol. The van der Waals surface area contributed by atoms with E-state index in [0.29, 0.717) is 6.07 Å². The van der Waals surface area contributed by atoms with Gasteiger partial charge >= 0.3 is 5.97 Å². The molecule has 2 N–H and O–H groups in total. The Balaban J connectivity index is 3.37. The Bertz CT molecular complexity index is 459.